The predicted molar refractivity (Wildman–Crippen MR) is 99.1 cm³/mol. The van der Waals surface area contributed by atoms with E-state index in [0.717, 1.165) is 15.9 Å². The molecular formula is C17H21N3O5S. The van der Waals surface area contributed by atoms with Crippen LogP contribution in [0.25, 0.3) is 0 Å². The maximum Gasteiger partial charge on any atom is 0.293 e. The number of benzene rings is 2. The average molecular weight is 379 g/mol. The molecule has 0 aromatic heterocycles. The van der Waals surface area contributed by atoms with Gasteiger partial charge in [0.05, 0.1) is 9.82 Å². The van der Waals surface area contributed by atoms with Crippen LogP contribution in [-0.2, 0) is 10.0 Å². The molecule has 26 heavy (non-hydrogen) atoms. The smallest absolute Gasteiger partial charge is 0.293 e. The number of nitro benzene ring substituents is 1. The van der Waals surface area contributed by atoms with Gasteiger partial charge in [0.1, 0.15) is 18.0 Å². The number of nitrogens with zero attached hydrogens (tertiary/aromatic N) is 2. The summed E-state index contributed by atoms with van der Waals surface area (Å²) in [6.07, 6.45) is 0. The Morgan fingerprint density at radius 2 is 1.92 bits per heavy atom. The SMILES string of the molecule is CNc1ccc(S(=O)(=O)N(C)CCOc2ccccc2C)cc1[N+](=O)[O-]. The van der Waals surface area contributed by atoms with E-state index in [2.05, 4.69) is 5.32 Å². The molecule has 0 aliphatic rings. The van der Waals surface area contributed by atoms with Crippen molar-refractivity contribution >= 4 is 21.4 Å². The van der Waals surface area contributed by atoms with Crippen molar-refractivity contribution in [2.24, 2.45) is 0 Å². The summed E-state index contributed by atoms with van der Waals surface area (Å²) in [5.41, 5.74) is 0.911. The first-order valence-electron chi connectivity index (χ1n) is 7.88. The largest absolute Gasteiger partial charge is 0.492 e. The molecule has 2 rings (SSSR count). The van der Waals surface area contributed by atoms with Crippen molar-refractivity contribution in [1.29, 1.82) is 0 Å². The second-order valence-electron chi connectivity index (χ2n) is 5.63. The minimum Gasteiger partial charge on any atom is -0.492 e. The Kier molecular flexibility index (Phi) is 6.17. The Morgan fingerprint density at radius 3 is 2.54 bits per heavy atom. The highest BCUT2D eigenvalue weighted by atomic mass is 32.2. The number of aryl methyl sites for hydroxylation is 1. The molecule has 0 unspecified atom stereocenters. The number of para-hydroxylation sites is 1. The van der Waals surface area contributed by atoms with Crippen molar-refractivity contribution in [3.05, 3.63) is 58.1 Å². The first-order valence-corrected chi connectivity index (χ1v) is 9.32. The molecule has 0 radical (unpaired) electrons. The number of likely N-dealkylation sites (N-methyl/N-ethyl adjacent to an activating group) is 1. The van der Waals surface area contributed by atoms with Gasteiger partial charge < -0.3 is 10.1 Å². The lowest BCUT2D eigenvalue weighted by atomic mass is 10.2. The van der Waals surface area contributed by atoms with E-state index in [1.165, 1.54) is 26.2 Å². The fourth-order valence-corrected chi connectivity index (χ4v) is 3.51. The molecule has 9 heteroatoms. The Bertz CT molecular complexity index is 899. The van der Waals surface area contributed by atoms with Gasteiger partial charge in [-0.2, -0.15) is 4.31 Å². The highest BCUT2D eigenvalue weighted by molar-refractivity contribution is 7.89. The first kappa shape index (κ1) is 19.7. The van der Waals surface area contributed by atoms with Gasteiger partial charge in [-0.25, -0.2) is 8.42 Å². The van der Waals surface area contributed by atoms with Crippen LogP contribution >= 0.6 is 0 Å². The molecule has 0 heterocycles. The molecule has 0 aliphatic heterocycles. The zero-order valence-corrected chi connectivity index (χ0v) is 15.6. The summed E-state index contributed by atoms with van der Waals surface area (Å²) in [6, 6.07) is 11.2. The van der Waals surface area contributed by atoms with Crippen LogP contribution in [0.1, 0.15) is 5.56 Å². The number of anilines is 1. The van der Waals surface area contributed by atoms with E-state index in [0.29, 0.717) is 5.75 Å². The second kappa shape index (κ2) is 8.15. The van der Waals surface area contributed by atoms with Crippen LogP contribution in [0.4, 0.5) is 11.4 Å². The van der Waals surface area contributed by atoms with Gasteiger partial charge >= 0.3 is 0 Å². The van der Waals surface area contributed by atoms with Crippen molar-refractivity contribution in [3.8, 4) is 5.75 Å². The quantitative estimate of drug-likeness (QED) is 0.559. The molecule has 0 aliphatic carbocycles. The highest BCUT2D eigenvalue weighted by Gasteiger charge is 2.24. The molecular weight excluding hydrogens is 358 g/mol. The van der Waals surface area contributed by atoms with Gasteiger partial charge in [-0.15, -0.1) is 0 Å². The molecule has 8 nitrogen and oxygen atoms in total. The third-order valence-electron chi connectivity index (χ3n) is 3.90. The molecule has 1 N–H and O–H groups in total. The van der Waals surface area contributed by atoms with Crippen LogP contribution in [0.5, 0.6) is 5.75 Å². The third-order valence-corrected chi connectivity index (χ3v) is 5.75. The molecule has 2 aromatic carbocycles. The summed E-state index contributed by atoms with van der Waals surface area (Å²) < 4.78 is 32.0. The molecule has 0 saturated heterocycles. The number of sulfonamides is 1. The van der Waals surface area contributed by atoms with Crippen molar-refractivity contribution in [3.63, 3.8) is 0 Å². The molecule has 140 valence electrons. The minimum absolute atomic E-state index is 0.109. The van der Waals surface area contributed by atoms with E-state index in [1.54, 1.807) is 0 Å². The molecule has 0 spiro atoms. The van der Waals surface area contributed by atoms with Gasteiger partial charge in [-0.05, 0) is 30.7 Å². The lowest BCUT2D eigenvalue weighted by Crippen LogP contribution is -2.31. The van der Waals surface area contributed by atoms with Crippen LogP contribution in [0, 0.1) is 17.0 Å². The highest BCUT2D eigenvalue weighted by Crippen LogP contribution is 2.28. The maximum absolute atomic E-state index is 12.6. The summed E-state index contributed by atoms with van der Waals surface area (Å²) in [5, 5.41) is 13.8. The van der Waals surface area contributed by atoms with E-state index in [-0.39, 0.29) is 29.4 Å². The number of hydrogen-bond donors (Lipinski definition) is 1. The van der Waals surface area contributed by atoms with Crippen LogP contribution in [0.15, 0.2) is 47.4 Å². The van der Waals surface area contributed by atoms with E-state index in [9.17, 15) is 18.5 Å². The minimum atomic E-state index is -3.86. The van der Waals surface area contributed by atoms with E-state index >= 15 is 0 Å². The predicted octanol–water partition coefficient (Wildman–Crippen LogP) is 2.64. The Labute approximate surface area is 152 Å². The standard InChI is InChI=1S/C17H21N3O5S/c1-13-6-4-5-7-17(13)25-11-10-19(3)26(23,24)14-8-9-15(18-2)16(12-14)20(21)22/h4-9,12,18H,10-11H2,1-3H3. The molecule has 0 amide bonds. The molecule has 0 atom stereocenters. The zero-order valence-electron chi connectivity index (χ0n) is 14.8. The second-order valence-corrected chi connectivity index (χ2v) is 7.67. The zero-order chi connectivity index (χ0) is 19.3. The normalized spacial score (nSPS) is 11.4. The lowest BCUT2D eigenvalue weighted by Gasteiger charge is -2.18. The summed E-state index contributed by atoms with van der Waals surface area (Å²) in [4.78, 5) is 10.4. The Hall–Kier alpha value is -2.65. The van der Waals surface area contributed by atoms with Gasteiger partial charge in [0.2, 0.25) is 10.0 Å². The number of ether oxygens (including phenoxy) is 1. The Morgan fingerprint density at radius 1 is 1.23 bits per heavy atom. The molecule has 0 saturated carbocycles. The van der Waals surface area contributed by atoms with Gasteiger partial charge in [-0.3, -0.25) is 10.1 Å². The van der Waals surface area contributed by atoms with Crippen molar-refractivity contribution in [2.45, 2.75) is 11.8 Å². The van der Waals surface area contributed by atoms with Gasteiger partial charge in [0.25, 0.3) is 5.69 Å². The topological polar surface area (TPSA) is 102 Å². The number of nitrogens with one attached hydrogen (secondary N) is 1. The van der Waals surface area contributed by atoms with Crippen LogP contribution in [0.2, 0.25) is 0 Å². The lowest BCUT2D eigenvalue weighted by molar-refractivity contribution is -0.384. The first-order chi connectivity index (χ1) is 12.3. The number of nitro groups is 1. The van der Waals surface area contributed by atoms with Crippen molar-refractivity contribution < 1.29 is 18.1 Å². The number of rotatable bonds is 8. The van der Waals surface area contributed by atoms with E-state index < -0.39 is 14.9 Å². The summed E-state index contributed by atoms with van der Waals surface area (Å²) in [7, 11) is -0.919. The van der Waals surface area contributed by atoms with E-state index in [4.69, 9.17) is 4.74 Å². The monoisotopic (exact) mass is 379 g/mol. The average Bonchev–Trinajstić information content (AvgIpc) is 2.62. The van der Waals surface area contributed by atoms with Crippen LogP contribution in [0.3, 0.4) is 0 Å². The van der Waals surface area contributed by atoms with Gasteiger partial charge in [-0.1, -0.05) is 18.2 Å². The van der Waals surface area contributed by atoms with E-state index in [1.807, 2.05) is 31.2 Å². The molecule has 0 fully saturated rings. The molecule has 2 aromatic rings. The fraction of sp³-hybridized carbons (Fsp3) is 0.294. The van der Waals surface area contributed by atoms with Gasteiger partial charge in [0.15, 0.2) is 0 Å². The van der Waals surface area contributed by atoms with Crippen molar-refractivity contribution in [1.82, 2.24) is 4.31 Å². The third kappa shape index (κ3) is 4.30. The van der Waals surface area contributed by atoms with Gasteiger partial charge in [0, 0.05) is 26.7 Å². The maximum atomic E-state index is 12.6. The fourth-order valence-electron chi connectivity index (χ4n) is 2.34. The number of hydrogen-bond acceptors (Lipinski definition) is 6. The summed E-state index contributed by atoms with van der Waals surface area (Å²) in [6.45, 7) is 2.17. The molecule has 0 bridgehead atoms. The summed E-state index contributed by atoms with van der Waals surface area (Å²) >= 11 is 0. The van der Waals surface area contributed by atoms with Crippen molar-refractivity contribution in [2.75, 3.05) is 32.6 Å². The van der Waals surface area contributed by atoms with Crippen LogP contribution < -0.4 is 10.1 Å². The summed E-state index contributed by atoms with van der Waals surface area (Å²) in [5.74, 6) is 0.687. The van der Waals surface area contributed by atoms with Crippen LogP contribution in [-0.4, -0.2) is 44.9 Å². The Balaban J connectivity index is 2.12.